The Bertz CT molecular complexity index is 328. The summed E-state index contributed by atoms with van der Waals surface area (Å²) in [6.45, 7) is 1.36. The zero-order valence-corrected chi connectivity index (χ0v) is 9.00. The third-order valence-electron chi connectivity index (χ3n) is 2.36. The van der Waals surface area contributed by atoms with Crippen molar-refractivity contribution in [3.05, 3.63) is 16.6 Å². The molecule has 0 aliphatic carbocycles. The lowest BCUT2D eigenvalue weighted by molar-refractivity contribution is -0.125. The topological polar surface area (TPSA) is 77.2 Å². The van der Waals surface area contributed by atoms with E-state index in [0.29, 0.717) is 19.8 Å². The molecule has 1 amide bonds. The monoisotopic (exact) mass is 227 g/mol. The Labute approximate surface area is 91.6 Å². The van der Waals surface area contributed by atoms with Crippen molar-refractivity contribution in [1.82, 2.24) is 10.3 Å². The summed E-state index contributed by atoms with van der Waals surface area (Å²) in [5.41, 5.74) is 5.73. The number of rotatable bonds is 3. The molecule has 5 nitrogen and oxygen atoms in total. The van der Waals surface area contributed by atoms with Gasteiger partial charge < -0.3 is 15.8 Å². The Balaban J connectivity index is 1.82. The second-order valence-electron chi connectivity index (χ2n) is 3.45. The number of aromatic nitrogens is 1. The molecule has 6 heteroatoms. The van der Waals surface area contributed by atoms with Gasteiger partial charge in [-0.3, -0.25) is 4.79 Å². The minimum Gasteiger partial charge on any atom is -0.379 e. The van der Waals surface area contributed by atoms with Crippen LogP contribution in [0.3, 0.4) is 0 Å². The Kier molecular flexibility index (Phi) is 3.30. The number of hydrogen-bond donors (Lipinski definition) is 2. The van der Waals surface area contributed by atoms with Crippen molar-refractivity contribution >= 4 is 17.2 Å². The number of ether oxygens (including phenoxy) is 1. The molecule has 1 saturated heterocycles. The maximum absolute atomic E-state index is 11.7. The average molecular weight is 227 g/mol. The van der Waals surface area contributed by atoms with Crippen LogP contribution >= 0.6 is 11.3 Å². The largest absolute Gasteiger partial charge is 0.379 e. The molecule has 2 atom stereocenters. The van der Waals surface area contributed by atoms with Gasteiger partial charge in [0.2, 0.25) is 5.91 Å². The zero-order chi connectivity index (χ0) is 10.7. The second-order valence-corrected chi connectivity index (χ2v) is 4.43. The fourth-order valence-electron chi connectivity index (χ4n) is 1.48. The molecule has 0 radical (unpaired) electrons. The summed E-state index contributed by atoms with van der Waals surface area (Å²) in [6.07, 6.45) is 1.72. The summed E-state index contributed by atoms with van der Waals surface area (Å²) in [5.74, 6) is -0.264. The number of nitrogens with two attached hydrogens (primary N) is 1. The van der Waals surface area contributed by atoms with Crippen LogP contribution in [-0.2, 0) is 16.1 Å². The molecule has 1 fully saturated rings. The highest BCUT2D eigenvalue weighted by Crippen LogP contribution is 2.12. The van der Waals surface area contributed by atoms with Gasteiger partial charge in [-0.25, -0.2) is 4.98 Å². The maximum Gasteiger partial charge on any atom is 0.227 e. The first-order chi connectivity index (χ1) is 7.27. The summed E-state index contributed by atoms with van der Waals surface area (Å²) >= 11 is 1.52. The smallest absolute Gasteiger partial charge is 0.227 e. The van der Waals surface area contributed by atoms with E-state index < -0.39 is 0 Å². The van der Waals surface area contributed by atoms with E-state index in [0.717, 1.165) is 5.01 Å². The molecular formula is C9H13N3O2S. The fourth-order valence-corrected chi connectivity index (χ4v) is 2.03. The molecule has 15 heavy (non-hydrogen) atoms. The lowest BCUT2D eigenvalue weighted by Gasteiger charge is -2.12. The van der Waals surface area contributed by atoms with Crippen LogP contribution in [0.4, 0.5) is 0 Å². The van der Waals surface area contributed by atoms with Crippen LogP contribution in [0.15, 0.2) is 11.6 Å². The highest BCUT2D eigenvalue weighted by Gasteiger charge is 2.31. The summed E-state index contributed by atoms with van der Waals surface area (Å²) < 4.78 is 5.13. The Morgan fingerprint density at radius 1 is 1.73 bits per heavy atom. The molecule has 0 spiro atoms. The van der Waals surface area contributed by atoms with Crippen LogP contribution in [0.2, 0.25) is 0 Å². The van der Waals surface area contributed by atoms with Crippen molar-refractivity contribution in [2.75, 3.05) is 13.2 Å². The van der Waals surface area contributed by atoms with Gasteiger partial charge in [-0.1, -0.05) is 0 Å². The first kappa shape index (κ1) is 10.5. The molecule has 82 valence electrons. The van der Waals surface area contributed by atoms with E-state index >= 15 is 0 Å². The lowest BCUT2D eigenvalue weighted by Crippen LogP contribution is -2.40. The van der Waals surface area contributed by atoms with Crippen LogP contribution in [0.1, 0.15) is 5.01 Å². The first-order valence-corrected chi connectivity index (χ1v) is 5.65. The molecule has 2 unspecified atom stereocenters. The van der Waals surface area contributed by atoms with Gasteiger partial charge in [-0.15, -0.1) is 11.3 Å². The number of carbonyl (C=O) groups is 1. The lowest BCUT2D eigenvalue weighted by atomic mass is 10.0. The fraction of sp³-hybridized carbons (Fsp3) is 0.556. The van der Waals surface area contributed by atoms with E-state index in [1.54, 1.807) is 6.20 Å². The Hall–Kier alpha value is -0.980. The summed E-state index contributed by atoms with van der Waals surface area (Å²) in [7, 11) is 0. The van der Waals surface area contributed by atoms with Crippen LogP contribution in [0, 0.1) is 5.92 Å². The van der Waals surface area contributed by atoms with Crippen molar-refractivity contribution in [2.45, 2.75) is 12.6 Å². The number of nitrogens with one attached hydrogen (secondary N) is 1. The molecule has 1 aliphatic heterocycles. The normalized spacial score (nSPS) is 25.4. The van der Waals surface area contributed by atoms with Gasteiger partial charge in [0, 0.05) is 17.6 Å². The molecule has 1 aromatic heterocycles. The summed E-state index contributed by atoms with van der Waals surface area (Å²) in [6, 6.07) is -0.179. The third kappa shape index (κ3) is 2.53. The van der Waals surface area contributed by atoms with Gasteiger partial charge in [0.1, 0.15) is 5.01 Å². The Morgan fingerprint density at radius 2 is 2.60 bits per heavy atom. The summed E-state index contributed by atoms with van der Waals surface area (Å²) in [5, 5.41) is 5.59. The average Bonchev–Trinajstić information content (AvgIpc) is 2.84. The van der Waals surface area contributed by atoms with E-state index in [9.17, 15) is 4.79 Å². The molecule has 1 aromatic rings. The standard InChI is InChI=1S/C9H13N3O2S/c10-7-5-14-4-6(7)9(13)12-3-8-11-1-2-15-8/h1-2,6-7H,3-5,10H2,(H,12,13). The van der Waals surface area contributed by atoms with Crippen LogP contribution in [0.25, 0.3) is 0 Å². The van der Waals surface area contributed by atoms with Crippen molar-refractivity contribution in [2.24, 2.45) is 11.7 Å². The molecule has 3 N–H and O–H groups in total. The first-order valence-electron chi connectivity index (χ1n) is 4.77. The molecule has 0 bridgehead atoms. The van der Waals surface area contributed by atoms with E-state index in [2.05, 4.69) is 10.3 Å². The molecule has 2 rings (SSSR count). The van der Waals surface area contributed by atoms with E-state index in [-0.39, 0.29) is 17.9 Å². The van der Waals surface area contributed by atoms with E-state index in [1.165, 1.54) is 11.3 Å². The second kappa shape index (κ2) is 4.69. The predicted molar refractivity (Wildman–Crippen MR) is 56.2 cm³/mol. The minimum atomic E-state index is -0.218. The van der Waals surface area contributed by atoms with Gasteiger partial charge in [0.05, 0.1) is 25.7 Å². The number of nitrogens with zero attached hydrogens (tertiary/aromatic N) is 1. The van der Waals surface area contributed by atoms with Crippen LogP contribution < -0.4 is 11.1 Å². The number of amides is 1. The molecule has 1 aliphatic rings. The SMILES string of the molecule is NC1COCC1C(=O)NCc1nccs1. The van der Waals surface area contributed by atoms with Crippen molar-refractivity contribution in [3.8, 4) is 0 Å². The molecular weight excluding hydrogens is 214 g/mol. The van der Waals surface area contributed by atoms with E-state index in [4.69, 9.17) is 10.5 Å². The number of thiazole rings is 1. The molecule has 0 aromatic carbocycles. The molecule has 0 saturated carbocycles. The Morgan fingerprint density at radius 3 is 3.20 bits per heavy atom. The van der Waals surface area contributed by atoms with Crippen molar-refractivity contribution < 1.29 is 9.53 Å². The quantitative estimate of drug-likeness (QED) is 0.745. The maximum atomic E-state index is 11.7. The van der Waals surface area contributed by atoms with Gasteiger partial charge in [0.25, 0.3) is 0 Å². The van der Waals surface area contributed by atoms with Crippen LogP contribution in [-0.4, -0.2) is 30.1 Å². The van der Waals surface area contributed by atoms with Crippen molar-refractivity contribution in [3.63, 3.8) is 0 Å². The minimum absolute atomic E-state index is 0.0461. The third-order valence-corrected chi connectivity index (χ3v) is 3.14. The highest BCUT2D eigenvalue weighted by molar-refractivity contribution is 7.09. The van der Waals surface area contributed by atoms with E-state index in [1.807, 2.05) is 5.38 Å². The highest BCUT2D eigenvalue weighted by atomic mass is 32.1. The number of hydrogen-bond acceptors (Lipinski definition) is 5. The zero-order valence-electron chi connectivity index (χ0n) is 8.18. The van der Waals surface area contributed by atoms with Crippen molar-refractivity contribution in [1.29, 1.82) is 0 Å². The van der Waals surface area contributed by atoms with Gasteiger partial charge >= 0.3 is 0 Å². The van der Waals surface area contributed by atoms with Crippen LogP contribution in [0.5, 0.6) is 0 Å². The number of carbonyl (C=O) groups excluding carboxylic acids is 1. The molecule has 2 heterocycles. The summed E-state index contributed by atoms with van der Waals surface area (Å²) in [4.78, 5) is 15.7. The van der Waals surface area contributed by atoms with Gasteiger partial charge in [-0.05, 0) is 0 Å². The van der Waals surface area contributed by atoms with Gasteiger partial charge in [0.15, 0.2) is 0 Å². The predicted octanol–water partition coefficient (Wildman–Crippen LogP) is -0.267. The van der Waals surface area contributed by atoms with Gasteiger partial charge in [-0.2, -0.15) is 0 Å².